The van der Waals surface area contributed by atoms with Crippen LogP contribution in [0.1, 0.15) is 5.56 Å². The van der Waals surface area contributed by atoms with E-state index in [2.05, 4.69) is 9.47 Å². The summed E-state index contributed by atoms with van der Waals surface area (Å²) in [6.07, 6.45) is 7.64. The van der Waals surface area contributed by atoms with Gasteiger partial charge in [-0.2, -0.15) is 0 Å². The van der Waals surface area contributed by atoms with Gasteiger partial charge in [-0.1, -0.05) is 6.07 Å². The number of hydrogen-bond donors (Lipinski definition) is 0. The van der Waals surface area contributed by atoms with Crippen LogP contribution < -0.4 is 9.47 Å². The fourth-order valence-electron chi connectivity index (χ4n) is 2.65. The number of aryl methyl sites for hydroxylation is 1. The largest absolute Gasteiger partial charge is 0.748 e. The molecule has 1 aromatic heterocycles. The maximum Gasteiger partial charge on any atom is 0.271 e. The smallest absolute Gasteiger partial charge is 0.271 e. The SMILES string of the molecule is CS(=O)(=O)[O-].C[n+]1ccn(CCN2CCc3ccc([N+](=O)[O-])cc32)c1. The number of non-ortho nitro benzene ring substituents is 1. The molecule has 0 unspecified atom stereocenters. The van der Waals surface area contributed by atoms with Crippen molar-refractivity contribution in [1.29, 1.82) is 0 Å². The number of imidazole rings is 1. The number of nitro groups is 1. The van der Waals surface area contributed by atoms with Crippen LogP contribution in [0.5, 0.6) is 0 Å². The third-order valence-electron chi connectivity index (χ3n) is 3.72. The van der Waals surface area contributed by atoms with Crippen LogP contribution in [0.15, 0.2) is 36.9 Å². The first-order valence-electron chi connectivity index (χ1n) is 7.57. The second kappa shape index (κ2) is 7.62. The minimum Gasteiger partial charge on any atom is -0.748 e. The van der Waals surface area contributed by atoms with Gasteiger partial charge in [0.25, 0.3) is 5.69 Å². The highest BCUT2D eigenvalue weighted by molar-refractivity contribution is 7.84. The van der Waals surface area contributed by atoms with Crippen LogP contribution in [0.4, 0.5) is 11.4 Å². The average Bonchev–Trinajstić information content (AvgIpc) is 3.08. The summed E-state index contributed by atoms with van der Waals surface area (Å²) in [5.41, 5.74) is 2.38. The zero-order valence-electron chi connectivity index (χ0n) is 14.0. The Kier molecular flexibility index (Phi) is 5.75. The molecule has 25 heavy (non-hydrogen) atoms. The molecule has 0 saturated carbocycles. The summed E-state index contributed by atoms with van der Waals surface area (Å²) >= 11 is 0. The Balaban J connectivity index is 0.000000399. The number of anilines is 1. The van der Waals surface area contributed by atoms with E-state index in [0.717, 1.165) is 31.7 Å². The predicted octanol–water partition coefficient (Wildman–Crippen LogP) is 0.445. The molecule has 1 aliphatic rings. The van der Waals surface area contributed by atoms with Crippen molar-refractivity contribution in [2.45, 2.75) is 13.0 Å². The van der Waals surface area contributed by atoms with Gasteiger partial charge >= 0.3 is 0 Å². The van der Waals surface area contributed by atoms with E-state index >= 15 is 0 Å². The maximum atomic E-state index is 10.9. The summed E-state index contributed by atoms with van der Waals surface area (Å²) in [7, 11) is -1.93. The number of fused-ring (bicyclic) bond motifs is 1. The Hall–Kier alpha value is -2.46. The fourth-order valence-corrected chi connectivity index (χ4v) is 2.65. The summed E-state index contributed by atoms with van der Waals surface area (Å²) in [5, 5.41) is 10.9. The number of hydrogen-bond acceptors (Lipinski definition) is 6. The van der Waals surface area contributed by atoms with Crippen molar-refractivity contribution in [3.63, 3.8) is 0 Å². The molecule has 1 aromatic carbocycles. The fraction of sp³-hybridized carbons (Fsp3) is 0.400. The van der Waals surface area contributed by atoms with E-state index in [1.54, 1.807) is 12.1 Å². The van der Waals surface area contributed by atoms with Crippen molar-refractivity contribution in [2.75, 3.05) is 24.2 Å². The molecule has 136 valence electrons. The molecule has 0 fully saturated rings. The zero-order chi connectivity index (χ0) is 18.6. The molecule has 0 radical (unpaired) electrons. The number of benzene rings is 1. The van der Waals surface area contributed by atoms with Crippen molar-refractivity contribution < 1.29 is 22.5 Å². The van der Waals surface area contributed by atoms with Crippen LogP contribution in [-0.4, -0.2) is 41.8 Å². The molecule has 0 N–H and O–H groups in total. The van der Waals surface area contributed by atoms with Crippen LogP contribution in [-0.2, 0) is 30.1 Å². The van der Waals surface area contributed by atoms with E-state index in [4.69, 9.17) is 13.0 Å². The van der Waals surface area contributed by atoms with Gasteiger partial charge in [0.2, 0.25) is 6.33 Å². The topological polar surface area (TPSA) is 112 Å². The summed E-state index contributed by atoms with van der Waals surface area (Å²) in [5.74, 6) is 0. The lowest BCUT2D eigenvalue weighted by atomic mass is 10.1. The van der Waals surface area contributed by atoms with Crippen molar-refractivity contribution in [1.82, 2.24) is 4.57 Å². The van der Waals surface area contributed by atoms with Gasteiger partial charge in [0.05, 0.1) is 28.6 Å². The first kappa shape index (κ1) is 18.9. The first-order valence-corrected chi connectivity index (χ1v) is 9.39. The van der Waals surface area contributed by atoms with Crippen LogP contribution in [0, 0.1) is 10.1 Å². The van der Waals surface area contributed by atoms with Gasteiger partial charge in [-0.25, -0.2) is 17.6 Å². The third-order valence-corrected chi connectivity index (χ3v) is 3.72. The van der Waals surface area contributed by atoms with Gasteiger partial charge in [0.1, 0.15) is 18.9 Å². The molecular weight excluding hydrogens is 348 g/mol. The van der Waals surface area contributed by atoms with Crippen molar-refractivity contribution in [2.24, 2.45) is 7.05 Å². The second-order valence-corrected chi connectivity index (χ2v) is 7.24. The molecular formula is C15H20N4O5S. The quantitative estimate of drug-likeness (QED) is 0.335. The highest BCUT2D eigenvalue weighted by Gasteiger charge is 2.22. The number of nitro benzene ring substituents is 1. The predicted molar refractivity (Wildman–Crippen MR) is 90.2 cm³/mol. The minimum absolute atomic E-state index is 0.169. The Bertz CT molecular complexity index is 855. The van der Waals surface area contributed by atoms with Gasteiger partial charge in [-0.3, -0.25) is 10.1 Å². The van der Waals surface area contributed by atoms with Crippen LogP contribution in [0.3, 0.4) is 0 Å². The Morgan fingerprint density at radius 1 is 1.32 bits per heavy atom. The lowest BCUT2D eigenvalue weighted by Gasteiger charge is -2.17. The standard InChI is InChI=1S/C14H17N4O2.CH4O3S/c1-15-6-7-16(11-15)8-9-17-5-4-12-2-3-13(18(19)20)10-14(12)17;1-5(2,3)4/h2-3,6-7,10-11H,4-5,8-9H2,1H3;1H3,(H,2,3,4)/q+1;/p-1. The highest BCUT2D eigenvalue weighted by atomic mass is 32.2. The van der Waals surface area contributed by atoms with E-state index < -0.39 is 10.1 Å². The Labute approximate surface area is 146 Å². The minimum atomic E-state index is -3.92. The van der Waals surface area contributed by atoms with Crippen LogP contribution >= 0.6 is 0 Å². The van der Waals surface area contributed by atoms with Gasteiger partial charge in [-0.15, -0.1) is 0 Å². The van der Waals surface area contributed by atoms with Gasteiger partial charge in [-0.05, 0) is 12.0 Å². The molecule has 0 bridgehead atoms. The molecule has 0 aliphatic carbocycles. The number of aromatic nitrogens is 2. The van der Waals surface area contributed by atoms with E-state index in [0.29, 0.717) is 6.26 Å². The van der Waals surface area contributed by atoms with Gasteiger partial charge in [0, 0.05) is 30.6 Å². The molecule has 0 spiro atoms. The van der Waals surface area contributed by atoms with Crippen molar-refractivity contribution >= 4 is 21.5 Å². The summed E-state index contributed by atoms with van der Waals surface area (Å²) in [6.45, 7) is 2.68. The molecule has 0 amide bonds. The lowest BCUT2D eigenvalue weighted by molar-refractivity contribution is -0.671. The molecule has 1 aliphatic heterocycles. The molecule has 10 heteroatoms. The number of nitrogens with zero attached hydrogens (tertiary/aromatic N) is 4. The molecule has 0 saturated heterocycles. The van der Waals surface area contributed by atoms with E-state index in [9.17, 15) is 10.1 Å². The Morgan fingerprint density at radius 3 is 2.56 bits per heavy atom. The van der Waals surface area contributed by atoms with Crippen molar-refractivity contribution in [3.8, 4) is 0 Å². The number of rotatable bonds is 4. The normalized spacial score (nSPS) is 13.2. The highest BCUT2D eigenvalue weighted by Crippen LogP contribution is 2.31. The first-order chi connectivity index (χ1) is 11.6. The van der Waals surface area contributed by atoms with E-state index in [1.165, 1.54) is 5.56 Å². The summed E-state index contributed by atoms with van der Waals surface area (Å²) in [6, 6.07) is 5.16. The Morgan fingerprint density at radius 2 is 2.00 bits per heavy atom. The molecule has 3 rings (SSSR count). The van der Waals surface area contributed by atoms with Gasteiger partial charge in [0.15, 0.2) is 0 Å². The van der Waals surface area contributed by atoms with Gasteiger partial charge < -0.3 is 9.45 Å². The molecule has 0 atom stereocenters. The van der Waals surface area contributed by atoms with E-state index in [1.807, 2.05) is 36.4 Å². The molecule has 9 nitrogen and oxygen atoms in total. The third kappa shape index (κ3) is 5.84. The monoisotopic (exact) mass is 368 g/mol. The summed E-state index contributed by atoms with van der Waals surface area (Å²) < 4.78 is 31.4. The maximum absolute atomic E-state index is 10.9. The lowest BCUT2D eigenvalue weighted by Crippen LogP contribution is -2.27. The average molecular weight is 368 g/mol. The van der Waals surface area contributed by atoms with Crippen molar-refractivity contribution in [3.05, 3.63) is 52.6 Å². The second-order valence-electron chi connectivity index (χ2n) is 5.83. The summed E-state index contributed by atoms with van der Waals surface area (Å²) in [4.78, 5) is 12.8. The molecule has 2 aromatic rings. The zero-order valence-corrected chi connectivity index (χ0v) is 14.8. The van der Waals surface area contributed by atoms with Crippen LogP contribution in [0.2, 0.25) is 0 Å². The van der Waals surface area contributed by atoms with Crippen LogP contribution in [0.25, 0.3) is 0 Å². The molecule has 2 heterocycles. The van der Waals surface area contributed by atoms with E-state index in [-0.39, 0.29) is 10.6 Å².